The van der Waals surface area contributed by atoms with Crippen LogP contribution in [0.15, 0.2) is 40.9 Å². The number of ether oxygens (including phenoxy) is 1. The van der Waals surface area contributed by atoms with Crippen LogP contribution in [0.5, 0.6) is 5.75 Å². The third kappa shape index (κ3) is 2.27. The molecule has 0 amide bonds. The first-order valence-electron chi connectivity index (χ1n) is 7.64. The van der Waals surface area contributed by atoms with Crippen LogP contribution in [0.1, 0.15) is 33.1 Å². The summed E-state index contributed by atoms with van der Waals surface area (Å²) in [6, 6.07) is 12.4. The molecule has 0 radical (unpaired) electrons. The van der Waals surface area contributed by atoms with Crippen molar-refractivity contribution < 1.29 is 9.84 Å². The van der Waals surface area contributed by atoms with Crippen molar-refractivity contribution in [3.05, 3.63) is 40.9 Å². The standard InChI is InChI=1S/C18H21BrO2/c1-3-18(4-2)15(20)11-16(18)21-14-10-9-12-7-5-6-8-13(12)17(14)19/h5-10,15-16,20H,3-4,11H2,1-2H3. The lowest BCUT2D eigenvalue weighted by molar-refractivity contribution is -0.159. The molecule has 112 valence electrons. The number of halogens is 1. The van der Waals surface area contributed by atoms with Crippen LogP contribution >= 0.6 is 15.9 Å². The predicted octanol–water partition coefficient (Wildman–Crippen LogP) is 4.92. The topological polar surface area (TPSA) is 29.5 Å². The maximum absolute atomic E-state index is 10.2. The SMILES string of the molecule is CCC1(CC)C(O)CC1Oc1ccc2ccccc2c1Br. The number of hydrogen-bond donors (Lipinski definition) is 1. The summed E-state index contributed by atoms with van der Waals surface area (Å²) in [5.74, 6) is 0.872. The van der Waals surface area contributed by atoms with Crippen molar-refractivity contribution in [2.75, 3.05) is 0 Å². The Hall–Kier alpha value is -1.06. The summed E-state index contributed by atoms with van der Waals surface area (Å²) < 4.78 is 7.25. The molecule has 1 N–H and O–H groups in total. The third-order valence-electron chi connectivity index (χ3n) is 5.16. The van der Waals surface area contributed by atoms with Gasteiger partial charge in [-0.2, -0.15) is 0 Å². The van der Waals surface area contributed by atoms with Crippen molar-refractivity contribution in [3.8, 4) is 5.75 Å². The second kappa shape index (κ2) is 5.62. The van der Waals surface area contributed by atoms with Crippen LogP contribution in [0.4, 0.5) is 0 Å². The van der Waals surface area contributed by atoms with E-state index in [0.29, 0.717) is 0 Å². The smallest absolute Gasteiger partial charge is 0.134 e. The van der Waals surface area contributed by atoms with Gasteiger partial charge in [0.1, 0.15) is 11.9 Å². The number of aliphatic hydroxyl groups excluding tert-OH is 1. The maximum Gasteiger partial charge on any atom is 0.134 e. The minimum atomic E-state index is -0.239. The molecule has 2 aromatic carbocycles. The summed E-state index contributed by atoms with van der Waals surface area (Å²) in [4.78, 5) is 0. The second-order valence-electron chi connectivity index (χ2n) is 5.90. The number of benzene rings is 2. The summed E-state index contributed by atoms with van der Waals surface area (Å²) >= 11 is 3.67. The van der Waals surface area contributed by atoms with Gasteiger partial charge in [0.05, 0.1) is 10.6 Å². The van der Waals surface area contributed by atoms with Crippen LogP contribution in [-0.4, -0.2) is 17.3 Å². The molecule has 2 nitrogen and oxygen atoms in total. The normalized spacial score (nSPS) is 23.8. The fourth-order valence-electron chi connectivity index (χ4n) is 3.53. The highest BCUT2D eigenvalue weighted by molar-refractivity contribution is 9.10. The fourth-order valence-corrected chi connectivity index (χ4v) is 4.11. The molecule has 0 aliphatic heterocycles. The van der Waals surface area contributed by atoms with E-state index in [0.717, 1.165) is 34.9 Å². The average molecular weight is 349 g/mol. The maximum atomic E-state index is 10.2. The molecule has 0 bridgehead atoms. The molecule has 1 saturated carbocycles. The Morgan fingerprint density at radius 3 is 2.57 bits per heavy atom. The van der Waals surface area contributed by atoms with Gasteiger partial charge in [-0.25, -0.2) is 0 Å². The molecule has 3 heteroatoms. The van der Waals surface area contributed by atoms with E-state index in [1.807, 2.05) is 18.2 Å². The lowest BCUT2D eigenvalue weighted by Gasteiger charge is -2.52. The van der Waals surface area contributed by atoms with Gasteiger partial charge in [-0.3, -0.25) is 0 Å². The summed E-state index contributed by atoms with van der Waals surface area (Å²) in [6.07, 6.45) is 2.47. The molecule has 2 atom stereocenters. The summed E-state index contributed by atoms with van der Waals surface area (Å²) in [5, 5.41) is 12.5. The minimum Gasteiger partial charge on any atom is -0.488 e. The molecule has 1 fully saturated rings. The van der Waals surface area contributed by atoms with Crippen molar-refractivity contribution >= 4 is 26.7 Å². The van der Waals surface area contributed by atoms with Gasteiger partial charge < -0.3 is 9.84 Å². The molecule has 1 aliphatic carbocycles. The van der Waals surface area contributed by atoms with Crippen molar-refractivity contribution in [1.82, 2.24) is 0 Å². The molecule has 2 unspecified atom stereocenters. The van der Waals surface area contributed by atoms with E-state index in [1.165, 1.54) is 5.39 Å². The number of fused-ring (bicyclic) bond motifs is 1. The van der Waals surface area contributed by atoms with Gasteiger partial charge in [0.2, 0.25) is 0 Å². The first-order chi connectivity index (χ1) is 10.1. The van der Waals surface area contributed by atoms with E-state index in [9.17, 15) is 5.11 Å². The van der Waals surface area contributed by atoms with Gasteiger partial charge in [-0.15, -0.1) is 0 Å². The number of hydrogen-bond acceptors (Lipinski definition) is 2. The van der Waals surface area contributed by atoms with Gasteiger partial charge in [0.25, 0.3) is 0 Å². The highest BCUT2D eigenvalue weighted by atomic mass is 79.9. The van der Waals surface area contributed by atoms with Crippen molar-refractivity contribution in [2.45, 2.75) is 45.3 Å². The van der Waals surface area contributed by atoms with Crippen LogP contribution in [0.3, 0.4) is 0 Å². The predicted molar refractivity (Wildman–Crippen MR) is 89.7 cm³/mol. The molecule has 1 aliphatic rings. The second-order valence-corrected chi connectivity index (χ2v) is 6.69. The summed E-state index contributed by atoms with van der Waals surface area (Å²) in [6.45, 7) is 4.27. The van der Waals surface area contributed by atoms with E-state index in [4.69, 9.17) is 4.74 Å². The summed E-state index contributed by atoms with van der Waals surface area (Å²) in [5.41, 5.74) is -0.0922. The highest BCUT2D eigenvalue weighted by Crippen LogP contribution is 2.49. The van der Waals surface area contributed by atoms with Crippen molar-refractivity contribution in [1.29, 1.82) is 0 Å². The molecule has 0 aromatic heterocycles. The molecule has 0 heterocycles. The quantitative estimate of drug-likeness (QED) is 0.849. The van der Waals surface area contributed by atoms with Crippen LogP contribution in [0.2, 0.25) is 0 Å². The first-order valence-corrected chi connectivity index (χ1v) is 8.43. The van der Waals surface area contributed by atoms with Crippen molar-refractivity contribution in [3.63, 3.8) is 0 Å². The van der Waals surface area contributed by atoms with E-state index in [-0.39, 0.29) is 17.6 Å². The molecule has 2 aromatic rings. The molecule has 21 heavy (non-hydrogen) atoms. The number of rotatable bonds is 4. The monoisotopic (exact) mass is 348 g/mol. The van der Waals surface area contributed by atoms with Crippen LogP contribution in [-0.2, 0) is 0 Å². The largest absolute Gasteiger partial charge is 0.488 e. The zero-order valence-corrected chi connectivity index (χ0v) is 14.1. The molecular weight excluding hydrogens is 328 g/mol. The number of aliphatic hydroxyl groups is 1. The Morgan fingerprint density at radius 1 is 1.19 bits per heavy atom. The minimum absolute atomic E-state index is 0.0922. The summed E-state index contributed by atoms with van der Waals surface area (Å²) in [7, 11) is 0. The van der Waals surface area contributed by atoms with Gasteiger partial charge in [-0.1, -0.05) is 44.2 Å². The third-order valence-corrected chi connectivity index (χ3v) is 5.97. The van der Waals surface area contributed by atoms with Gasteiger partial charge in [0.15, 0.2) is 0 Å². The van der Waals surface area contributed by atoms with E-state index < -0.39 is 0 Å². The molecular formula is C18H21BrO2. The molecule has 0 spiro atoms. The molecule has 0 saturated heterocycles. The van der Waals surface area contributed by atoms with E-state index in [2.05, 4.69) is 48.0 Å². The highest BCUT2D eigenvalue weighted by Gasteiger charge is 2.53. The lowest BCUT2D eigenvalue weighted by Crippen LogP contribution is -2.59. The Bertz CT molecular complexity index is 649. The lowest BCUT2D eigenvalue weighted by atomic mass is 9.60. The van der Waals surface area contributed by atoms with Gasteiger partial charge in [-0.05, 0) is 45.6 Å². The van der Waals surface area contributed by atoms with Crippen LogP contribution in [0.25, 0.3) is 10.8 Å². The average Bonchev–Trinajstić information content (AvgIpc) is 2.51. The zero-order valence-electron chi connectivity index (χ0n) is 12.5. The zero-order chi connectivity index (χ0) is 15.0. The van der Waals surface area contributed by atoms with Gasteiger partial charge in [0, 0.05) is 11.8 Å². The fraction of sp³-hybridized carbons (Fsp3) is 0.444. The van der Waals surface area contributed by atoms with Crippen molar-refractivity contribution in [2.24, 2.45) is 5.41 Å². The van der Waals surface area contributed by atoms with E-state index >= 15 is 0 Å². The first kappa shape index (κ1) is 14.9. The van der Waals surface area contributed by atoms with Crippen LogP contribution in [0, 0.1) is 5.41 Å². The molecule has 3 rings (SSSR count). The Balaban J connectivity index is 1.91. The van der Waals surface area contributed by atoms with Crippen LogP contribution < -0.4 is 4.74 Å². The Kier molecular flexibility index (Phi) is 3.98. The Labute approximate surface area is 134 Å². The Morgan fingerprint density at radius 2 is 1.90 bits per heavy atom. The van der Waals surface area contributed by atoms with E-state index in [1.54, 1.807) is 0 Å². The van der Waals surface area contributed by atoms with Gasteiger partial charge >= 0.3 is 0 Å².